The lowest BCUT2D eigenvalue weighted by molar-refractivity contribution is 0.0976. The van der Waals surface area contributed by atoms with Crippen molar-refractivity contribution in [3.8, 4) is 5.75 Å². The third kappa shape index (κ3) is 7.69. The lowest BCUT2D eigenvalue weighted by Gasteiger charge is -2.27. The first-order valence-corrected chi connectivity index (χ1v) is 15.6. The Balaban J connectivity index is 1.37. The second kappa shape index (κ2) is 15.2. The number of carbonyl (C=O) groups excluding carboxylic acids is 2. The largest absolute Gasteiger partial charge is 0.496 e. The van der Waals surface area contributed by atoms with Gasteiger partial charge in [-0.1, -0.05) is 67.8 Å². The first kappa shape index (κ1) is 32.2. The summed E-state index contributed by atoms with van der Waals surface area (Å²) in [6.07, 6.45) is 6.24. The number of anilines is 1. The van der Waals surface area contributed by atoms with Gasteiger partial charge >= 0.3 is 6.03 Å². The number of carbonyl (C=O) groups is 2. The van der Waals surface area contributed by atoms with Crippen molar-refractivity contribution in [1.29, 1.82) is 0 Å². The van der Waals surface area contributed by atoms with Gasteiger partial charge in [-0.3, -0.25) is 15.0 Å². The van der Waals surface area contributed by atoms with Crippen molar-refractivity contribution in [3.05, 3.63) is 107 Å². The number of hydrogen-bond acceptors (Lipinski definition) is 6. The number of nitrogens with zero attached hydrogens (tertiary/aromatic N) is 4. The SMILES string of the molecule is CN=NC(=NN)NC(=O)c1ccc(CN(C(=O)NC(C)c2ccc3c(OC)cccc3c2)c2ccc(C3CCCCC3)cc2)cc1. The predicted octanol–water partition coefficient (Wildman–Crippen LogP) is 7.42. The number of hydrogen-bond donors (Lipinski definition) is 3. The topological polar surface area (TPSA) is 134 Å². The molecule has 238 valence electrons. The zero-order valence-electron chi connectivity index (χ0n) is 26.6. The van der Waals surface area contributed by atoms with Crippen LogP contribution in [0.15, 0.2) is 100 Å². The van der Waals surface area contributed by atoms with Gasteiger partial charge < -0.3 is 15.9 Å². The molecule has 1 aliphatic rings. The monoisotopic (exact) mass is 619 g/mol. The molecule has 1 atom stereocenters. The van der Waals surface area contributed by atoms with E-state index in [1.807, 2.05) is 61.5 Å². The van der Waals surface area contributed by atoms with Gasteiger partial charge in [-0.2, -0.15) is 5.11 Å². The fraction of sp³-hybridized carbons (Fsp3) is 0.306. The van der Waals surface area contributed by atoms with Crippen LogP contribution < -0.4 is 26.1 Å². The maximum absolute atomic E-state index is 14.0. The molecular formula is C36H41N7O3. The van der Waals surface area contributed by atoms with Crippen LogP contribution >= 0.6 is 0 Å². The molecule has 0 heterocycles. The molecule has 0 aromatic heterocycles. The third-order valence-electron chi connectivity index (χ3n) is 8.55. The van der Waals surface area contributed by atoms with Crippen molar-refractivity contribution >= 4 is 34.4 Å². The van der Waals surface area contributed by atoms with E-state index in [-0.39, 0.29) is 18.0 Å². The van der Waals surface area contributed by atoms with Crippen LogP contribution in [-0.4, -0.2) is 32.1 Å². The molecule has 4 N–H and O–H groups in total. The van der Waals surface area contributed by atoms with Crippen LogP contribution in [0.4, 0.5) is 10.5 Å². The maximum atomic E-state index is 14.0. The number of benzene rings is 4. The van der Waals surface area contributed by atoms with Crippen LogP contribution in [0.2, 0.25) is 0 Å². The molecule has 4 aromatic carbocycles. The van der Waals surface area contributed by atoms with Gasteiger partial charge in [-0.15, -0.1) is 10.2 Å². The van der Waals surface area contributed by atoms with Crippen molar-refractivity contribution < 1.29 is 14.3 Å². The van der Waals surface area contributed by atoms with Crippen molar-refractivity contribution in [2.75, 3.05) is 19.1 Å². The smallest absolute Gasteiger partial charge is 0.322 e. The van der Waals surface area contributed by atoms with Crippen molar-refractivity contribution in [2.24, 2.45) is 21.2 Å². The lowest BCUT2D eigenvalue weighted by atomic mass is 9.84. The molecule has 0 aliphatic heterocycles. The number of azo groups is 1. The molecular weight excluding hydrogens is 578 g/mol. The van der Waals surface area contributed by atoms with E-state index in [1.165, 1.54) is 44.7 Å². The Labute approximate surface area is 269 Å². The second-order valence-corrected chi connectivity index (χ2v) is 11.5. The van der Waals surface area contributed by atoms with Crippen LogP contribution in [-0.2, 0) is 6.54 Å². The summed E-state index contributed by atoms with van der Waals surface area (Å²) in [5.74, 6) is 6.15. The Morgan fingerprint density at radius 1 is 0.978 bits per heavy atom. The van der Waals surface area contributed by atoms with Crippen LogP contribution in [0.5, 0.6) is 5.75 Å². The Kier molecular flexibility index (Phi) is 10.6. The molecule has 4 aromatic rings. The first-order valence-electron chi connectivity index (χ1n) is 15.6. The number of fused-ring (bicyclic) bond motifs is 1. The lowest BCUT2D eigenvalue weighted by Crippen LogP contribution is -2.40. The van der Waals surface area contributed by atoms with Crippen molar-refractivity contribution in [2.45, 2.75) is 57.5 Å². The summed E-state index contributed by atoms with van der Waals surface area (Å²) in [5, 5.41) is 18.5. The second-order valence-electron chi connectivity index (χ2n) is 11.5. The fourth-order valence-electron chi connectivity index (χ4n) is 6.00. The number of hydrazone groups is 1. The molecule has 0 spiro atoms. The number of nitrogens with one attached hydrogen (secondary N) is 2. The standard InChI is InChI=1S/C36H41N7O3/c1-24(29-18-21-32-30(22-29)10-7-11-33(32)46-3)39-36(45)43(31-19-16-27(17-20-31)26-8-5-4-6-9-26)23-25-12-14-28(15-13-25)34(44)40-35(41-37)42-38-2/h7,10-22,24,26H,4-6,8-9,23,37H2,1-3H3,(H,39,45)(H,40,41,44). The molecule has 5 rings (SSSR count). The average Bonchev–Trinajstić information content (AvgIpc) is 3.10. The Morgan fingerprint density at radius 2 is 1.72 bits per heavy atom. The highest BCUT2D eigenvalue weighted by molar-refractivity contribution is 6.05. The number of methoxy groups -OCH3 is 1. The van der Waals surface area contributed by atoms with Gasteiger partial charge in [0.1, 0.15) is 5.75 Å². The molecule has 0 bridgehead atoms. The number of amides is 3. The van der Waals surface area contributed by atoms with Crippen LogP contribution in [0, 0.1) is 0 Å². The summed E-state index contributed by atoms with van der Waals surface area (Å²) >= 11 is 0. The minimum atomic E-state index is -0.419. The highest BCUT2D eigenvalue weighted by Crippen LogP contribution is 2.34. The molecule has 1 saturated carbocycles. The summed E-state index contributed by atoms with van der Waals surface area (Å²) in [6.45, 7) is 2.28. The fourth-order valence-corrected chi connectivity index (χ4v) is 6.00. The van der Waals surface area contributed by atoms with E-state index >= 15 is 0 Å². The first-order chi connectivity index (χ1) is 22.4. The molecule has 10 nitrogen and oxygen atoms in total. The van der Waals surface area contributed by atoms with Gasteiger partial charge in [0, 0.05) is 23.7 Å². The highest BCUT2D eigenvalue weighted by atomic mass is 16.5. The van der Waals surface area contributed by atoms with Gasteiger partial charge in [0.2, 0.25) is 0 Å². The molecule has 10 heteroatoms. The summed E-state index contributed by atoms with van der Waals surface area (Å²) < 4.78 is 5.51. The zero-order chi connectivity index (χ0) is 32.5. The van der Waals surface area contributed by atoms with Crippen LogP contribution in [0.1, 0.15) is 78.0 Å². The predicted molar refractivity (Wildman–Crippen MR) is 182 cm³/mol. The van der Waals surface area contributed by atoms with Crippen molar-refractivity contribution in [3.63, 3.8) is 0 Å². The van der Waals surface area contributed by atoms with Crippen LogP contribution in [0.3, 0.4) is 0 Å². The van der Waals surface area contributed by atoms with E-state index in [9.17, 15) is 9.59 Å². The van der Waals surface area contributed by atoms with Gasteiger partial charge in [0.25, 0.3) is 11.9 Å². The average molecular weight is 620 g/mol. The number of nitrogens with two attached hydrogens (primary N) is 1. The Hall–Kier alpha value is -5.25. The van der Waals surface area contributed by atoms with E-state index in [0.29, 0.717) is 18.0 Å². The van der Waals surface area contributed by atoms with Gasteiger partial charge in [-0.05, 0) is 84.2 Å². The Morgan fingerprint density at radius 3 is 2.39 bits per heavy atom. The normalized spacial score (nSPS) is 14.6. The zero-order valence-corrected chi connectivity index (χ0v) is 26.6. The van der Waals surface area contributed by atoms with Crippen LogP contribution in [0.25, 0.3) is 10.8 Å². The minimum absolute atomic E-state index is 0.0873. The molecule has 1 aliphatic carbocycles. The Bertz CT molecular complexity index is 1710. The number of urea groups is 1. The molecule has 46 heavy (non-hydrogen) atoms. The number of rotatable bonds is 8. The van der Waals surface area contributed by atoms with E-state index < -0.39 is 5.91 Å². The number of guanidine groups is 1. The summed E-state index contributed by atoms with van der Waals surface area (Å²) in [5.41, 5.74) is 4.35. The summed E-state index contributed by atoms with van der Waals surface area (Å²) in [4.78, 5) is 28.4. The van der Waals surface area contributed by atoms with Crippen molar-refractivity contribution in [1.82, 2.24) is 10.6 Å². The third-order valence-corrected chi connectivity index (χ3v) is 8.55. The van der Waals surface area contributed by atoms with E-state index in [1.54, 1.807) is 24.1 Å². The number of ether oxygens (including phenoxy) is 1. The quantitative estimate of drug-likeness (QED) is 0.0622. The van der Waals surface area contributed by atoms with E-state index in [2.05, 4.69) is 44.2 Å². The molecule has 1 unspecified atom stereocenters. The highest BCUT2D eigenvalue weighted by Gasteiger charge is 2.21. The summed E-state index contributed by atoms with van der Waals surface area (Å²) in [7, 11) is 3.12. The molecule has 1 fully saturated rings. The van der Waals surface area contributed by atoms with Gasteiger partial charge in [0.15, 0.2) is 0 Å². The summed E-state index contributed by atoms with van der Waals surface area (Å²) in [6, 6.07) is 27.0. The van der Waals surface area contributed by atoms with Gasteiger partial charge in [-0.25, -0.2) is 4.79 Å². The molecule has 0 saturated heterocycles. The van der Waals surface area contributed by atoms with E-state index in [0.717, 1.165) is 33.3 Å². The molecule has 3 amide bonds. The van der Waals surface area contributed by atoms with E-state index in [4.69, 9.17) is 10.6 Å². The minimum Gasteiger partial charge on any atom is -0.496 e. The van der Waals surface area contributed by atoms with Gasteiger partial charge in [0.05, 0.1) is 19.7 Å². The molecule has 0 radical (unpaired) electrons. The maximum Gasteiger partial charge on any atom is 0.322 e.